The summed E-state index contributed by atoms with van der Waals surface area (Å²) < 4.78 is 33.4. The lowest BCUT2D eigenvalue weighted by atomic mass is 10.1. The van der Waals surface area contributed by atoms with Crippen molar-refractivity contribution in [3.8, 4) is 0 Å². The van der Waals surface area contributed by atoms with Crippen LogP contribution in [0.15, 0.2) is 33.7 Å². The van der Waals surface area contributed by atoms with Gasteiger partial charge in [-0.2, -0.15) is 4.31 Å². The number of nitrogens with zero attached hydrogens (tertiary/aromatic N) is 4. The molecule has 1 saturated heterocycles. The second-order valence-corrected chi connectivity index (χ2v) is 10.7. The number of aromatic nitrogens is 2. The molecule has 0 aliphatic carbocycles. The van der Waals surface area contributed by atoms with Crippen LogP contribution in [0.2, 0.25) is 0 Å². The zero-order valence-corrected chi connectivity index (χ0v) is 19.3. The summed E-state index contributed by atoms with van der Waals surface area (Å²) >= 11 is 1.71. The first-order valence-corrected chi connectivity index (χ1v) is 12.7. The number of para-hydroxylation sites is 1. The Kier molecular flexibility index (Phi) is 6.40. The predicted octanol–water partition coefficient (Wildman–Crippen LogP) is 3.15. The molecular weight excluding hydrogens is 436 g/mol. The summed E-state index contributed by atoms with van der Waals surface area (Å²) in [7, 11) is -3.66. The highest BCUT2D eigenvalue weighted by atomic mass is 32.2. The third kappa shape index (κ3) is 4.65. The van der Waals surface area contributed by atoms with Gasteiger partial charge in [0.25, 0.3) is 0 Å². The molecular formula is C21H26N4O4S2. The highest BCUT2D eigenvalue weighted by Crippen LogP contribution is 2.25. The molecule has 8 nitrogen and oxygen atoms in total. The number of carbonyl (C=O) groups is 1. The normalized spacial score (nSPS) is 15.6. The van der Waals surface area contributed by atoms with Gasteiger partial charge in [0.15, 0.2) is 5.76 Å². The van der Waals surface area contributed by atoms with Crippen molar-refractivity contribution in [2.45, 2.75) is 44.4 Å². The maximum absolute atomic E-state index is 12.9. The van der Waals surface area contributed by atoms with Crippen molar-refractivity contribution in [3.05, 3.63) is 40.7 Å². The van der Waals surface area contributed by atoms with Crippen LogP contribution in [0.4, 0.5) is 0 Å². The van der Waals surface area contributed by atoms with Crippen LogP contribution < -0.4 is 0 Å². The van der Waals surface area contributed by atoms with Crippen molar-refractivity contribution in [2.75, 3.05) is 26.2 Å². The third-order valence-electron chi connectivity index (χ3n) is 5.53. The van der Waals surface area contributed by atoms with Crippen LogP contribution in [0, 0.1) is 13.8 Å². The fourth-order valence-electron chi connectivity index (χ4n) is 3.89. The second-order valence-electron chi connectivity index (χ2n) is 7.72. The van der Waals surface area contributed by atoms with E-state index in [0.717, 1.165) is 29.8 Å². The van der Waals surface area contributed by atoms with E-state index in [2.05, 4.69) is 16.2 Å². The van der Waals surface area contributed by atoms with Crippen LogP contribution in [-0.2, 0) is 21.2 Å². The summed E-state index contributed by atoms with van der Waals surface area (Å²) in [5, 5.41) is 4.85. The minimum absolute atomic E-state index is 0.0821. The molecule has 0 unspecified atom stereocenters. The molecule has 0 radical (unpaired) electrons. The maximum Gasteiger partial charge on any atom is 0.248 e. The molecule has 1 aliphatic rings. The van der Waals surface area contributed by atoms with Crippen molar-refractivity contribution in [3.63, 3.8) is 0 Å². The summed E-state index contributed by atoms with van der Waals surface area (Å²) in [6.07, 6.45) is 3.05. The van der Waals surface area contributed by atoms with Crippen LogP contribution in [0.1, 0.15) is 35.7 Å². The Morgan fingerprint density at radius 2 is 1.87 bits per heavy atom. The Morgan fingerprint density at radius 1 is 1.13 bits per heavy atom. The van der Waals surface area contributed by atoms with Gasteiger partial charge in [-0.3, -0.25) is 4.79 Å². The van der Waals surface area contributed by atoms with E-state index in [1.807, 2.05) is 18.2 Å². The van der Waals surface area contributed by atoms with E-state index in [4.69, 9.17) is 4.52 Å². The summed E-state index contributed by atoms with van der Waals surface area (Å²) in [5.41, 5.74) is 1.40. The van der Waals surface area contributed by atoms with Gasteiger partial charge in [-0.05, 0) is 45.2 Å². The summed E-state index contributed by atoms with van der Waals surface area (Å²) in [4.78, 5) is 19.1. The van der Waals surface area contributed by atoms with E-state index < -0.39 is 10.0 Å². The molecule has 1 amide bonds. The molecule has 0 atom stereocenters. The Bertz CT molecular complexity index is 1120. The molecule has 4 rings (SSSR count). The lowest BCUT2D eigenvalue weighted by molar-refractivity contribution is -0.132. The molecule has 1 fully saturated rings. The van der Waals surface area contributed by atoms with Crippen molar-refractivity contribution < 1.29 is 17.7 Å². The van der Waals surface area contributed by atoms with Gasteiger partial charge >= 0.3 is 0 Å². The molecule has 0 saturated carbocycles. The Morgan fingerprint density at radius 3 is 2.55 bits per heavy atom. The molecule has 1 aromatic carbocycles. The number of rotatable bonds is 7. The second kappa shape index (κ2) is 9.05. The number of aryl methyl sites for hydroxylation is 3. The highest BCUT2D eigenvalue weighted by Gasteiger charge is 2.34. The van der Waals surface area contributed by atoms with Crippen LogP contribution in [0.25, 0.3) is 10.2 Å². The van der Waals surface area contributed by atoms with E-state index in [1.165, 1.54) is 9.01 Å². The average Bonchev–Trinajstić information content (AvgIpc) is 3.33. The number of carbonyl (C=O) groups excluding carboxylic acids is 1. The fourth-order valence-corrected chi connectivity index (χ4v) is 6.61. The molecule has 10 heteroatoms. The van der Waals surface area contributed by atoms with Gasteiger partial charge in [-0.15, -0.1) is 11.3 Å². The first-order chi connectivity index (χ1) is 14.9. The van der Waals surface area contributed by atoms with Gasteiger partial charge in [0, 0.05) is 32.6 Å². The molecule has 0 spiro atoms. The maximum atomic E-state index is 12.9. The summed E-state index contributed by atoms with van der Waals surface area (Å²) in [5.74, 6) is 0.378. The Labute approximate surface area is 185 Å². The van der Waals surface area contributed by atoms with Gasteiger partial charge in [0.1, 0.15) is 10.6 Å². The van der Waals surface area contributed by atoms with E-state index in [0.29, 0.717) is 31.0 Å². The molecule has 31 heavy (non-hydrogen) atoms. The van der Waals surface area contributed by atoms with Gasteiger partial charge in [-0.25, -0.2) is 13.4 Å². The van der Waals surface area contributed by atoms with Gasteiger partial charge in [-0.1, -0.05) is 17.3 Å². The van der Waals surface area contributed by atoms with Crippen molar-refractivity contribution in [1.29, 1.82) is 0 Å². The number of fused-ring (bicyclic) bond motifs is 1. The Hall–Kier alpha value is -2.30. The lowest BCUT2D eigenvalue weighted by Gasteiger charge is -2.34. The monoisotopic (exact) mass is 462 g/mol. The minimum Gasteiger partial charge on any atom is -0.360 e. The number of hydrogen-bond acceptors (Lipinski definition) is 7. The first kappa shape index (κ1) is 21.9. The van der Waals surface area contributed by atoms with E-state index in [-0.39, 0.29) is 23.9 Å². The predicted molar refractivity (Wildman–Crippen MR) is 118 cm³/mol. The van der Waals surface area contributed by atoms with Crippen LogP contribution in [-0.4, -0.2) is 59.8 Å². The van der Waals surface area contributed by atoms with Crippen molar-refractivity contribution in [2.24, 2.45) is 0 Å². The van der Waals surface area contributed by atoms with E-state index in [9.17, 15) is 13.2 Å². The SMILES string of the molecule is Cc1noc(C)c1S(=O)(=O)N1CCN(C(=O)CCCCc2nc3ccccc3s2)CC1. The molecule has 0 N–H and O–H groups in total. The molecule has 3 heterocycles. The number of amides is 1. The van der Waals surface area contributed by atoms with Gasteiger partial charge in [0.2, 0.25) is 15.9 Å². The molecule has 3 aromatic rings. The summed E-state index contributed by atoms with van der Waals surface area (Å²) in [6, 6.07) is 8.10. The number of piperazine rings is 1. The van der Waals surface area contributed by atoms with Crippen molar-refractivity contribution >= 4 is 37.5 Å². The topological polar surface area (TPSA) is 96.6 Å². The average molecular weight is 463 g/mol. The quantitative estimate of drug-likeness (QED) is 0.501. The molecule has 166 valence electrons. The summed E-state index contributed by atoms with van der Waals surface area (Å²) in [6.45, 7) is 4.59. The van der Waals surface area contributed by atoms with Crippen LogP contribution >= 0.6 is 11.3 Å². The smallest absolute Gasteiger partial charge is 0.248 e. The van der Waals surface area contributed by atoms with Gasteiger partial charge < -0.3 is 9.42 Å². The number of unbranched alkanes of at least 4 members (excludes halogenated alkanes) is 1. The third-order valence-corrected chi connectivity index (χ3v) is 8.77. The lowest BCUT2D eigenvalue weighted by Crippen LogP contribution is -2.50. The van der Waals surface area contributed by atoms with Crippen LogP contribution in [0.5, 0.6) is 0 Å². The van der Waals surface area contributed by atoms with E-state index >= 15 is 0 Å². The Balaban J connectivity index is 1.24. The van der Waals surface area contributed by atoms with E-state index in [1.54, 1.807) is 30.1 Å². The molecule has 0 bridgehead atoms. The zero-order valence-electron chi connectivity index (χ0n) is 17.7. The number of hydrogen-bond donors (Lipinski definition) is 0. The minimum atomic E-state index is -3.66. The number of thiazole rings is 1. The standard InChI is InChI=1S/C21H26N4O4S2/c1-15-21(16(2)29-23-15)31(27,28)25-13-11-24(12-14-25)20(26)10-6-5-9-19-22-17-7-3-4-8-18(17)30-19/h3-4,7-8H,5-6,9-14H2,1-2H3. The fraction of sp³-hybridized carbons (Fsp3) is 0.476. The van der Waals surface area contributed by atoms with Crippen LogP contribution in [0.3, 0.4) is 0 Å². The number of benzene rings is 1. The zero-order chi connectivity index (χ0) is 22.0. The number of sulfonamides is 1. The molecule has 2 aromatic heterocycles. The van der Waals surface area contributed by atoms with Crippen molar-refractivity contribution in [1.82, 2.24) is 19.3 Å². The molecule has 1 aliphatic heterocycles. The largest absolute Gasteiger partial charge is 0.360 e. The highest BCUT2D eigenvalue weighted by molar-refractivity contribution is 7.89. The van der Waals surface area contributed by atoms with Gasteiger partial charge in [0.05, 0.1) is 15.2 Å². The first-order valence-electron chi connectivity index (χ1n) is 10.4.